The van der Waals surface area contributed by atoms with Gasteiger partial charge in [0.15, 0.2) is 0 Å². The van der Waals surface area contributed by atoms with E-state index in [1.807, 2.05) is 26.8 Å². The van der Waals surface area contributed by atoms with E-state index in [-0.39, 0.29) is 23.9 Å². The fourth-order valence-electron chi connectivity index (χ4n) is 3.55. The first-order chi connectivity index (χ1) is 10.4. The van der Waals surface area contributed by atoms with Gasteiger partial charge >= 0.3 is 5.97 Å². The van der Waals surface area contributed by atoms with Crippen LogP contribution in [0.15, 0.2) is 6.07 Å². The minimum absolute atomic E-state index is 0.0600. The molecule has 0 radical (unpaired) electrons. The first-order valence-corrected chi connectivity index (χ1v) is 7.70. The molecule has 0 heterocycles. The van der Waals surface area contributed by atoms with Crippen molar-refractivity contribution in [3.05, 3.63) is 28.3 Å². The van der Waals surface area contributed by atoms with E-state index in [0.29, 0.717) is 5.75 Å². The van der Waals surface area contributed by atoms with E-state index in [1.54, 1.807) is 7.11 Å². The maximum absolute atomic E-state index is 11.3. The zero-order chi connectivity index (χ0) is 16.4. The van der Waals surface area contributed by atoms with Crippen LogP contribution in [-0.2, 0) is 20.7 Å². The normalized spacial score (nSPS) is 21.9. The van der Waals surface area contributed by atoms with Gasteiger partial charge in [0.25, 0.3) is 0 Å². The Bertz CT molecular complexity index is 591. The third kappa shape index (κ3) is 2.93. The number of carbonyl (C=O) groups is 2. The fourth-order valence-corrected chi connectivity index (χ4v) is 3.55. The van der Waals surface area contributed by atoms with Crippen LogP contribution < -0.4 is 4.74 Å². The number of benzene rings is 1. The van der Waals surface area contributed by atoms with E-state index in [4.69, 9.17) is 9.47 Å². The quantitative estimate of drug-likeness (QED) is 0.486. The summed E-state index contributed by atoms with van der Waals surface area (Å²) in [6.45, 7) is 7.32. The summed E-state index contributed by atoms with van der Waals surface area (Å²) < 4.78 is 11.1. The van der Waals surface area contributed by atoms with Crippen molar-refractivity contribution in [1.82, 2.24) is 0 Å². The molecule has 0 N–H and O–H groups in total. The van der Waals surface area contributed by atoms with Crippen molar-refractivity contribution in [1.29, 1.82) is 0 Å². The Morgan fingerprint density at radius 2 is 2.09 bits per heavy atom. The van der Waals surface area contributed by atoms with Gasteiger partial charge < -0.3 is 14.3 Å². The van der Waals surface area contributed by atoms with Gasteiger partial charge in [-0.2, -0.15) is 0 Å². The Hall–Kier alpha value is -1.68. The van der Waals surface area contributed by atoms with Crippen LogP contribution in [0.25, 0.3) is 0 Å². The first-order valence-electron chi connectivity index (χ1n) is 7.70. The lowest BCUT2D eigenvalue weighted by Gasteiger charge is -2.36. The minimum Gasteiger partial charge on any atom is -0.426 e. The maximum atomic E-state index is 11.3. The van der Waals surface area contributed by atoms with E-state index >= 15 is 0 Å². The summed E-state index contributed by atoms with van der Waals surface area (Å²) in [4.78, 5) is 22.5. The molecule has 120 valence electrons. The summed E-state index contributed by atoms with van der Waals surface area (Å²) in [7, 11) is 1.68. The smallest absolute Gasteiger partial charge is 0.308 e. The molecule has 0 saturated heterocycles. The van der Waals surface area contributed by atoms with Crippen LogP contribution in [0.1, 0.15) is 48.6 Å². The number of rotatable bonds is 4. The van der Waals surface area contributed by atoms with Crippen molar-refractivity contribution >= 4 is 12.3 Å². The molecule has 3 atom stereocenters. The number of carbonyl (C=O) groups excluding carboxylic acids is 2. The largest absolute Gasteiger partial charge is 0.426 e. The molecule has 0 amide bonds. The van der Waals surface area contributed by atoms with Crippen LogP contribution in [0.5, 0.6) is 5.75 Å². The van der Waals surface area contributed by atoms with Gasteiger partial charge in [0.2, 0.25) is 0 Å². The zero-order valence-corrected chi connectivity index (χ0v) is 13.9. The van der Waals surface area contributed by atoms with Crippen LogP contribution in [-0.4, -0.2) is 19.4 Å². The van der Waals surface area contributed by atoms with Crippen molar-refractivity contribution in [2.45, 2.75) is 46.6 Å². The van der Waals surface area contributed by atoms with E-state index in [2.05, 4.69) is 0 Å². The molecule has 22 heavy (non-hydrogen) atoms. The van der Waals surface area contributed by atoms with E-state index in [1.165, 1.54) is 12.5 Å². The van der Waals surface area contributed by atoms with Crippen LogP contribution in [0.2, 0.25) is 0 Å². The lowest BCUT2D eigenvalue weighted by molar-refractivity contribution is -0.131. The second-order valence-electron chi connectivity index (χ2n) is 6.16. The highest BCUT2D eigenvalue weighted by atomic mass is 16.5. The third-order valence-corrected chi connectivity index (χ3v) is 4.72. The molecule has 3 unspecified atom stereocenters. The molecule has 0 aliphatic heterocycles. The summed E-state index contributed by atoms with van der Waals surface area (Å²) in [5, 5.41) is 0. The number of aryl methyl sites for hydroxylation is 1. The van der Waals surface area contributed by atoms with Gasteiger partial charge in [0, 0.05) is 20.0 Å². The number of esters is 1. The molecular formula is C18H24O4. The maximum Gasteiger partial charge on any atom is 0.308 e. The van der Waals surface area contributed by atoms with E-state index < -0.39 is 0 Å². The lowest BCUT2D eigenvalue weighted by Crippen LogP contribution is -2.29. The predicted octanol–water partition coefficient (Wildman–Crippen LogP) is 3.31. The first kappa shape index (κ1) is 16.7. The Labute approximate surface area is 131 Å². The monoisotopic (exact) mass is 304 g/mol. The average molecular weight is 304 g/mol. The molecule has 0 spiro atoms. The van der Waals surface area contributed by atoms with E-state index in [9.17, 15) is 9.59 Å². The number of methoxy groups -OCH3 is 1. The standard InChI is InChI=1S/C18H24O4/c1-10-8-16(22-13(4)20)12(3)17-14(10)6-7-15(11(2)9-19)18(17)21-5/h8-9,11,15,18H,6-7H2,1-5H3. The van der Waals surface area contributed by atoms with Crippen molar-refractivity contribution in [2.75, 3.05) is 7.11 Å². The number of aldehydes is 1. The second-order valence-corrected chi connectivity index (χ2v) is 6.16. The van der Waals surface area contributed by atoms with Gasteiger partial charge in [0.1, 0.15) is 12.0 Å². The van der Waals surface area contributed by atoms with Gasteiger partial charge in [-0.05, 0) is 60.9 Å². The lowest BCUT2D eigenvalue weighted by atomic mass is 9.73. The Morgan fingerprint density at radius 1 is 1.41 bits per heavy atom. The molecule has 1 aromatic carbocycles. The molecule has 0 bridgehead atoms. The molecule has 4 nitrogen and oxygen atoms in total. The second kappa shape index (κ2) is 6.61. The predicted molar refractivity (Wildman–Crippen MR) is 84.0 cm³/mol. The van der Waals surface area contributed by atoms with Crippen LogP contribution in [0.4, 0.5) is 0 Å². The molecule has 0 aromatic heterocycles. The fraction of sp³-hybridized carbons (Fsp3) is 0.556. The number of hydrogen-bond donors (Lipinski definition) is 0. The molecule has 2 rings (SSSR count). The molecule has 1 aromatic rings. The van der Waals surface area contributed by atoms with Crippen LogP contribution in [0.3, 0.4) is 0 Å². The summed E-state index contributed by atoms with van der Waals surface area (Å²) in [6, 6.07) is 1.92. The van der Waals surface area contributed by atoms with Crippen molar-refractivity contribution in [2.24, 2.45) is 11.8 Å². The van der Waals surface area contributed by atoms with Gasteiger partial charge in [-0.25, -0.2) is 0 Å². The van der Waals surface area contributed by atoms with Crippen LogP contribution in [0, 0.1) is 25.7 Å². The van der Waals surface area contributed by atoms with Crippen molar-refractivity contribution in [3.8, 4) is 5.75 Å². The highest BCUT2D eigenvalue weighted by molar-refractivity contribution is 5.70. The van der Waals surface area contributed by atoms with Crippen molar-refractivity contribution < 1.29 is 19.1 Å². The average Bonchev–Trinajstić information content (AvgIpc) is 2.49. The molecule has 0 saturated carbocycles. The molecule has 4 heteroatoms. The Morgan fingerprint density at radius 3 is 2.64 bits per heavy atom. The van der Waals surface area contributed by atoms with Gasteiger partial charge in [-0.15, -0.1) is 0 Å². The number of hydrogen-bond acceptors (Lipinski definition) is 4. The molecule has 1 aliphatic carbocycles. The zero-order valence-electron chi connectivity index (χ0n) is 13.9. The van der Waals surface area contributed by atoms with Crippen LogP contribution >= 0.6 is 0 Å². The Kier molecular flexibility index (Phi) is 5.01. The topological polar surface area (TPSA) is 52.6 Å². The van der Waals surface area contributed by atoms with Gasteiger partial charge in [0.05, 0.1) is 6.10 Å². The summed E-state index contributed by atoms with van der Waals surface area (Å²) in [5.74, 6) is 0.353. The van der Waals surface area contributed by atoms with Gasteiger partial charge in [-0.1, -0.05) is 6.92 Å². The van der Waals surface area contributed by atoms with E-state index in [0.717, 1.165) is 35.8 Å². The highest BCUT2D eigenvalue weighted by Gasteiger charge is 2.36. The number of fused-ring (bicyclic) bond motifs is 1. The van der Waals surface area contributed by atoms with Crippen molar-refractivity contribution in [3.63, 3.8) is 0 Å². The Balaban J connectivity index is 2.56. The molecular weight excluding hydrogens is 280 g/mol. The third-order valence-electron chi connectivity index (χ3n) is 4.72. The summed E-state index contributed by atoms with van der Waals surface area (Å²) >= 11 is 0. The highest BCUT2D eigenvalue weighted by Crippen LogP contribution is 2.45. The molecule has 0 fully saturated rings. The molecule has 1 aliphatic rings. The summed E-state index contributed by atoms with van der Waals surface area (Å²) in [5.41, 5.74) is 4.39. The summed E-state index contributed by atoms with van der Waals surface area (Å²) in [6.07, 6.45) is 2.71. The van der Waals surface area contributed by atoms with Gasteiger partial charge in [-0.3, -0.25) is 4.79 Å². The number of ether oxygens (including phenoxy) is 2. The minimum atomic E-state index is -0.329. The SMILES string of the molecule is COC1c2c(C)c(OC(C)=O)cc(C)c2CCC1C(C)C=O.